The number of benzene rings is 1. The van der Waals surface area contributed by atoms with Crippen molar-refractivity contribution in [2.24, 2.45) is 5.92 Å². The summed E-state index contributed by atoms with van der Waals surface area (Å²) in [6.07, 6.45) is 2.71. The number of aromatic nitrogens is 1. The molecule has 1 saturated carbocycles. The predicted octanol–water partition coefficient (Wildman–Crippen LogP) is 3.31. The highest BCUT2D eigenvalue weighted by Gasteiger charge is 2.28. The van der Waals surface area contributed by atoms with E-state index in [4.69, 9.17) is 0 Å². The molecule has 2 aliphatic rings. The number of amides is 2. The molecule has 2 fully saturated rings. The van der Waals surface area contributed by atoms with Crippen molar-refractivity contribution in [3.05, 3.63) is 29.8 Å². The molecule has 1 atom stereocenters. The van der Waals surface area contributed by atoms with Crippen molar-refractivity contribution in [1.82, 2.24) is 14.8 Å². The van der Waals surface area contributed by atoms with Crippen LogP contribution in [0.3, 0.4) is 0 Å². The molecule has 1 aromatic carbocycles. The summed E-state index contributed by atoms with van der Waals surface area (Å²) in [4.78, 5) is 31.6. The predicted molar refractivity (Wildman–Crippen MR) is 109 cm³/mol. The average Bonchev–Trinajstić information content (AvgIpc) is 3.39. The van der Waals surface area contributed by atoms with Crippen LogP contribution >= 0.6 is 0 Å². The number of carbonyl (C=O) groups excluding carboxylic acids is 1. The van der Waals surface area contributed by atoms with Gasteiger partial charge in [-0.15, -0.1) is 0 Å². The first kappa shape index (κ1) is 18.8. The van der Waals surface area contributed by atoms with Crippen LogP contribution in [-0.2, 0) is 4.79 Å². The van der Waals surface area contributed by atoms with Gasteiger partial charge in [0.05, 0.1) is 6.42 Å². The minimum absolute atomic E-state index is 0.0184. The highest BCUT2D eigenvalue weighted by Crippen LogP contribution is 2.34. The summed E-state index contributed by atoms with van der Waals surface area (Å²) in [5.74, 6) is 0.423. The Morgan fingerprint density at radius 3 is 2.61 bits per heavy atom. The standard InChI is InChI=1S/C21H28N4O3/c1-14(12-18(26)27)19-16-4-2-3-5-17(16)22-20(19)23-21(28)25-10-8-24(9-11-25)13-15-6-7-15/h2-5,14-15,22H,6-13H2,1H3,(H,23,28)(H,26,27). The minimum atomic E-state index is -0.846. The van der Waals surface area contributed by atoms with Crippen molar-refractivity contribution in [2.45, 2.75) is 32.1 Å². The lowest BCUT2D eigenvalue weighted by atomic mass is 9.96. The van der Waals surface area contributed by atoms with Crippen molar-refractivity contribution in [2.75, 3.05) is 38.0 Å². The zero-order valence-corrected chi connectivity index (χ0v) is 16.3. The lowest BCUT2D eigenvalue weighted by molar-refractivity contribution is -0.137. The summed E-state index contributed by atoms with van der Waals surface area (Å²) in [7, 11) is 0. The quantitative estimate of drug-likeness (QED) is 0.713. The maximum atomic E-state index is 12.8. The van der Waals surface area contributed by atoms with Crippen LogP contribution in [0, 0.1) is 5.92 Å². The number of hydrogen-bond acceptors (Lipinski definition) is 3. The second-order valence-corrected chi connectivity index (χ2v) is 8.12. The molecule has 2 amide bonds. The fraction of sp³-hybridized carbons (Fsp3) is 0.524. The molecular weight excluding hydrogens is 356 g/mol. The Hall–Kier alpha value is -2.54. The van der Waals surface area contributed by atoms with Gasteiger partial charge in [0.15, 0.2) is 0 Å². The van der Waals surface area contributed by atoms with Crippen LogP contribution in [-0.4, -0.2) is 64.6 Å². The number of carboxylic acids is 1. The Bertz CT molecular complexity index is 866. The monoisotopic (exact) mass is 384 g/mol. The van der Waals surface area contributed by atoms with Gasteiger partial charge >= 0.3 is 12.0 Å². The van der Waals surface area contributed by atoms with Crippen LogP contribution in [0.5, 0.6) is 0 Å². The van der Waals surface area contributed by atoms with Crippen LogP contribution in [0.15, 0.2) is 24.3 Å². The van der Waals surface area contributed by atoms with Gasteiger partial charge in [-0.05, 0) is 30.7 Å². The van der Waals surface area contributed by atoms with E-state index in [9.17, 15) is 14.7 Å². The molecule has 3 N–H and O–H groups in total. The van der Waals surface area contributed by atoms with E-state index in [0.717, 1.165) is 55.1 Å². The summed E-state index contributed by atoms with van der Waals surface area (Å²) in [6, 6.07) is 7.64. The summed E-state index contributed by atoms with van der Waals surface area (Å²) >= 11 is 0. The fourth-order valence-electron chi connectivity index (χ4n) is 4.12. The normalized spacial score (nSPS) is 19.0. The largest absolute Gasteiger partial charge is 0.481 e. The Morgan fingerprint density at radius 1 is 1.21 bits per heavy atom. The van der Waals surface area contributed by atoms with Gasteiger partial charge in [-0.25, -0.2) is 4.79 Å². The molecule has 1 aromatic heterocycles. The number of nitrogens with one attached hydrogen (secondary N) is 2. The number of para-hydroxylation sites is 1. The number of carbonyl (C=O) groups is 2. The number of aromatic amines is 1. The molecule has 1 aliphatic carbocycles. The maximum absolute atomic E-state index is 12.8. The van der Waals surface area contributed by atoms with Crippen LogP contribution in [0.2, 0.25) is 0 Å². The van der Waals surface area contributed by atoms with E-state index in [-0.39, 0.29) is 18.4 Å². The average molecular weight is 384 g/mol. The molecule has 2 aromatic rings. The first-order valence-corrected chi connectivity index (χ1v) is 10.1. The Morgan fingerprint density at radius 2 is 1.93 bits per heavy atom. The molecule has 150 valence electrons. The third-order valence-corrected chi connectivity index (χ3v) is 5.82. The Balaban J connectivity index is 1.47. The number of anilines is 1. The maximum Gasteiger partial charge on any atom is 0.323 e. The lowest BCUT2D eigenvalue weighted by Gasteiger charge is -2.34. The molecule has 1 saturated heterocycles. The number of piperazine rings is 1. The molecule has 4 rings (SSSR count). The number of urea groups is 1. The first-order valence-electron chi connectivity index (χ1n) is 10.1. The molecule has 1 aliphatic heterocycles. The van der Waals surface area contributed by atoms with E-state index in [1.54, 1.807) is 0 Å². The van der Waals surface area contributed by atoms with Gasteiger partial charge in [-0.2, -0.15) is 0 Å². The third kappa shape index (κ3) is 4.14. The van der Waals surface area contributed by atoms with Gasteiger partial charge in [0, 0.05) is 49.2 Å². The van der Waals surface area contributed by atoms with E-state index in [1.807, 2.05) is 36.1 Å². The molecule has 0 bridgehead atoms. The molecule has 1 unspecified atom stereocenters. The van der Waals surface area contributed by atoms with Crippen molar-refractivity contribution in [3.8, 4) is 0 Å². The van der Waals surface area contributed by atoms with E-state index >= 15 is 0 Å². The molecule has 7 heteroatoms. The zero-order chi connectivity index (χ0) is 19.7. The van der Waals surface area contributed by atoms with Gasteiger partial charge in [-0.3, -0.25) is 15.0 Å². The number of rotatable bonds is 6. The van der Waals surface area contributed by atoms with Gasteiger partial charge in [0.2, 0.25) is 0 Å². The van der Waals surface area contributed by atoms with Crippen LogP contribution < -0.4 is 5.32 Å². The summed E-state index contributed by atoms with van der Waals surface area (Å²) in [5.41, 5.74) is 1.76. The molecule has 0 spiro atoms. The lowest BCUT2D eigenvalue weighted by Crippen LogP contribution is -2.50. The van der Waals surface area contributed by atoms with E-state index in [0.29, 0.717) is 5.82 Å². The number of aliphatic carboxylic acids is 1. The van der Waals surface area contributed by atoms with Crippen molar-refractivity contribution in [3.63, 3.8) is 0 Å². The number of nitrogens with zero attached hydrogens (tertiary/aromatic N) is 2. The minimum Gasteiger partial charge on any atom is -0.481 e. The van der Waals surface area contributed by atoms with Gasteiger partial charge in [0.1, 0.15) is 5.82 Å². The van der Waals surface area contributed by atoms with E-state index in [2.05, 4.69) is 15.2 Å². The molecule has 0 radical (unpaired) electrons. The molecule has 2 heterocycles. The number of hydrogen-bond donors (Lipinski definition) is 3. The molecular formula is C21H28N4O3. The van der Waals surface area contributed by atoms with Gasteiger partial charge in [-0.1, -0.05) is 25.1 Å². The SMILES string of the molecule is CC(CC(=O)O)c1c(NC(=O)N2CCN(CC3CC3)CC2)[nH]c2ccccc12. The Kier molecular flexibility index (Phi) is 5.26. The van der Waals surface area contributed by atoms with Crippen LogP contribution in [0.1, 0.15) is 37.7 Å². The summed E-state index contributed by atoms with van der Waals surface area (Å²) in [6.45, 7) is 6.32. The topological polar surface area (TPSA) is 88.7 Å². The van der Waals surface area contributed by atoms with Crippen molar-refractivity contribution >= 4 is 28.7 Å². The van der Waals surface area contributed by atoms with Crippen molar-refractivity contribution < 1.29 is 14.7 Å². The smallest absolute Gasteiger partial charge is 0.323 e. The van der Waals surface area contributed by atoms with E-state index < -0.39 is 5.97 Å². The Labute approximate surface area is 164 Å². The van der Waals surface area contributed by atoms with Crippen LogP contribution in [0.4, 0.5) is 10.6 Å². The summed E-state index contributed by atoms with van der Waals surface area (Å²) < 4.78 is 0. The second kappa shape index (κ2) is 7.83. The number of carboxylic acid groups (broad SMARTS) is 1. The molecule has 28 heavy (non-hydrogen) atoms. The fourth-order valence-corrected chi connectivity index (χ4v) is 4.12. The van der Waals surface area contributed by atoms with Crippen molar-refractivity contribution in [1.29, 1.82) is 0 Å². The third-order valence-electron chi connectivity index (χ3n) is 5.82. The van der Waals surface area contributed by atoms with E-state index in [1.165, 1.54) is 12.8 Å². The second-order valence-electron chi connectivity index (χ2n) is 8.12. The zero-order valence-electron chi connectivity index (χ0n) is 16.3. The highest BCUT2D eigenvalue weighted by atomic mass is 16.4. The highest BCUT2D eigenvalue weighted by molar-refractivity contribution is 5.96. The molecule has 7 nitrogen and oxygen atoms in total. The van der Waals surface area contributed by atoms with Gasteiger partial charge in [0.25, 0.3) is 0 Å². The van der Waals surface area contributed by atoms with Gasteiger partial charge < -0.3 is 15.0 Å². The summed E-state index contributed by atoms with van der Waals surface area (Å²) in [5, 5.41) is 13.2. The number of fused-ring (bicyclic) bond motifs is 1. The number of H-pyrrole nitrogens is 1. The first-order chi connectivity index (χ1) is 13.5. The van der Waals surface area contributed by atoms with Crippen LogP contribution in [0.25, 0.3) is 10.9 Å².